The van der Waals surface area contributed by atoms with Crippen molar-refractivity contribution in [1.82, 2.24) is 0 Å². The standard InChI is InChI=1S/C12H15N3O3/c1-8-4-10(15(17)18)2-3-11(8)14-7-9(6-13)5-12(14)16/h2-4,9H,5-7,13H2,1H3. The van der Waals surface area contributed by atoms with Gasteiger partial charge in [-0.15, -0.1) is 0 Å². The Morgan fingerprint density at radius 3 is 2.78 bits per heavy atom. The van der Waals surface area contributed by atoms with Gasteiger partial charge in [-0.1, -0.05) is 0 Å². The molecule has 1 saturated heterocycles. The molecule has 96 valence electrons. The van der Waals surface area contributed by atoms with Gasteiger partial charge in [0.1, 0.15) is 0 Å². The van der Waals surface area contributed by atoms with Crippen LogP contribution in [-0.4, -0.2) is 23.9 Å². The van der Waals surface area contributed by atoms with Crippen LogP contribution in [0.1, 0.15) is 12.0 Å². The Hall–Kier alpha value is -1.95. The molecule has 1 amide bonds. The lowest BCUT2D eigenvalue weighted by atomic mass is 10.1. The number of aryl methyl sites for hydroxylation is 1. The first-order valence-electron chi connectivity index (χ1n) is 5.78. The molecule has 0 aliphatic carbocycles. The van der Waals surface area contributed by atoms with E-state index in [1.165, 1.54) is 12.1 Å². The Balaban J connectivity index is 2.29. The van der Waals surface area contributed by atoms with Crippen molar-refractivity contribution in [3.63, 3.8) is 0 Å². The van der Waals surface area contributed by atoms with Gasteiger partial charge < -0.3 is 10.6 Å². The molecule has 2 N–H and O–H groups in total. The summed E-state index contributed by atoms with van der Waals surface area (Å²) in [6.45, 7) is 2.84. The maximum Gasteiger partial charge on any atom is 0.269 e. The van der Waals surface area contributed by atoms with Crippen LogP contribution < -0.4 is 10.6 Å². The Morgan fingerprint density at radius 1 is 1.56 bits per heavy atom. The summed E-state index contributed by atoms with van der Waals surface area (Å²) in [6, 6.07) is 4.54. The summed E-state index contributed by atoms with van der Waals surface area (Å²) in [6.07, 6.45) is 0.451. The van der Waals surface area contributed by atoms with E-state index in [4.69, 9.17) is 5.73 Å². The lowest BCUT2D eigenvalue weighted by molar-refractivity contribution is -0.384. The molecule has 0 radical (unpaired) electrons. The predicted octanol–water partition coefficient (Wildman–Crippen LogP) is 1.21. The summed E-state index contributed by atoms with van der Waals surface area (Å²) in [7, 11) is 0. The summed E-state index contributed by atoms with van der Waals surface area (Å²) in [5.74, 6) is 0.203. The topological polar surface area (TPSA) is 89.5 Å². The highest BCUT2D eigenvalue weighted by atomic mass is 16.6. The number of amides is 1. The van der Waals surface area contributed by atoms with Crippen LogP contribution >= 0.6 is 0 Å². The largest absolute Gasteiger partial charge is 0.330 e. The van der Waals surface area contributed by atoms with E-state index in [0.29, 0.717) is 19.5 Å². The van der Waals surface area contributed by atoms with Gasteiger partial charge in [0, 0.05) is 30.8 Å². The van der Waals surface area contributed by atoms with Crippen molar-refractivity contribution < 1.29 is 9.72 Å². The third-order valence-electron chi connectivity index (χ3n) is 3.22. The highest BCUT2D eigenvalue weighted by molar-refractivity contribution is 5.96. The number of anilines is 1. The molecular weight excluding hydrogens is 234 g/mol. The van der Waals surface area contributed by atoms with Crippen molar-refractivity contribution in [2.75, 3.05) is 18.0 Å². The number of rotatable bonds is 3. The van der Waals surface area contributed by atoms with Crippen molar-refractivity contribution in [1.29, 1.82) is 0 Å². The number of carbonyl (C=O) groups is 1. The minimum Gasteiger partial charge on any atom is -0.330 e. The van der Waals surface area contributed by atoms with Crippen LogP contribution in [0.3, 0.4) is 0 Å². The maximum atomic E-state index is 11.9. The molecule has 6 nitrogen and oxygen atoms in total. The van der Waals surface area contributed by atoms with E-state index in [1.54, 1.807) is 17.9 Å². The van der Waals surface area contributed by atoms with E-state index in [2.05, 4.69) is 0 Å². The number of hydrogen-bond donors (Lipinski definition) is 1. The summed E-state index contributed by atoms with van der Waals surface area (Å²) >= 11 is 0. The monoisotopic (exact) mass is 249 g/mol. The summed E-state index contributed by atoms with van der Waals surface area (Å²) < 4.78 is 0. The summed E-state index contributed by atoms with van der Waals surface area (Å²) in [5.41, 5.74) is 7.08. The van der Waals surface area contributed by atoms with Crippen molar-refractivity contribution in [2.24, 2.45) is 11.7 Å². The molecule has 2 rings (SSSR count). The van der Waals surface area contributed by atoms with Gasteiger partial charge in [-0.05, 0) is 31.0 Å². The number of nitrogens with two attached hydrogens (primary N) is 1. The van der Waals surface area contributed by atoms with Crippen molar-refractivity contribution in [2.45, 2.75) is 13.3 Å². The molecular formula is C12H15N3O3. The van der Waals surface area contributed by atoms with Crippen LogP contribution in [0.25, 0.3) is 0 Å². The number of non-ortho nitro benzene ring substituents is 1. The van der Waals surface area contributed by atoms with E-state index < -0.39 is 4.92 Å². The fraction of sp³-hybridized carbons (Fsp3) is 0.417. The van der Waals surface area contributed by atoms with Gasteiger partial charge in [-0.2, -0.15) is 0 Å². The molecule has 1 aliphatic heterocycles. The zero-order valence-corrected chi connectivity index (χ0v) is 10.1. The Labute approximate surface area is 105 Å². The van der Waals surface area contributed by atoms with Gasteiger partial charge in [0.2, 0.25) is 5.91 Å². The van der Waals surface area contributed by atoms with Crippen LogP contribution in [0.15, 0.2) is 18.2 Å². The molecule has 1 aromatic carbocycles. The Morgan fingerprint density at radius 2 is 2.28 bits per heavy atom. The fourth-order valence-corrected chi connectivity index (χ4v) is 2.23. The van der Waals surface area contributed by atoms with Gasteiger partial charge in [-0.3, -0.25) is 14.9 Å². The number of nitro groups is 1. The van der Waals surface area contributed by atoms with E-state index in [1.807, 2.05) is 0 Å². The molecule has 1 unspecified atom stereocenters. The van der Waals surface area contributed by atoms with Crippen molar-refractivity contribution in [3.8, 4) is 0 Å². The maximum absolute atomic E-state index is 11.9. The van der Waals surface area contributed by atoms with Crippen molar-refractivity contribution in [3.05, 3.63) is 33.9 Å². The second kappa shape index (κ2) is 4.73. The minimum absolute atomic E-state index is 0.0300. The van der Waals surface area contributed by atoms with Crippen molar-refractivity contribution >= 4 is 17.3 Å². The lowest BCUT2D eigenvalue weighted by Gasteiger charge is -2.18. The molecule has 0 aromatic heterocycles. The van der Waals surface area contributed by atoms with E-state index in [9.17, 15) is 14.9 Å². The SMILES string of the molecule is Cc1cc([N+](=O)[O-])ccc1N1CC(CN)CC1=O. The predicted molar refractivity (Wildman–Crippen MR) is 67.3 cm³/mol. The van der Waals surface area contributed by atoms with Gasteiger partial charge in [0.15, 0.2) is 0 Å². The normalized spacial score (nSPS) is 19.3. The molecule has 0 saturated carbocycles. The van der Waals surface area contributed by atoms with E-state index >= 15 is 0 Å². The number of nitrogens with zero attached hydrogens (tertiary/aromatic N) is 2. The average Bonchev–Trinajstić information content (AvgIpc) is 2.70. The van der Waals surface area contributed by atoms with E-state index in [0.717, 1.165) is 11.3 Å². The third-order valence-corrected chi connectivity index (χ3v) is 3.22. The number of benzene rings is 1. The third kappa shape index (κ3) is 2.19. The molecule has 0 bridgehead atoms. The molecule has 18 heavy (non-hydrogen) atoms. The lowest BCUT2D eigenvalue weighted by Crippen LogP contribution is -2.26. The van der Waals surface area contributed by atoms with Gasteiger partial charge in [0.25, 0.3) is 5.69 Å². The second-order valence-electron chi connectivity index (χ2n) is 4.54. The molecule has 6 heteroatoms. The molecule has 0 spiro atoms. The molecule has 1 aliphatic rings. The van der Waals surface area contributed by atoms with Gasteiger partial charge in [0.05, 0.1) is 4.92 Å². The molecule has 1 aromatic rings. The smallest absolute Gasteiger partial charge is 0.269 e. The van der Waals surface area contributed by atoms with E-state index in [-0.39, 0.29) is 17.5 Å². The number of carbonyl (C=O) groups excluding carboxylic acids is 1. The second-order valence-corrected chi connectivity index (χ2v) is 4.54. The average molecular weight is 249 g/mol. The molecule has 1 heterocycles. The van der Waals surface area contributed by atoms with Crippen LogP contribution in [0.4, 0.5) is 11.4 Å². The first kappa shape index (κ1) is 12.5. The molecule has 1 fully saturated rings. The van der Waals surface area contributed by atoms with Gasteiger partial charge in [-0.25, -0.2) is 0 Å². The zero-order chi connectivity index (χ0) is 13.3. The summed E-state index contributed by atoms with van der Waals surface area (Å²) in [4.78, 5) is 23.7. The zero-order valence-electron chi connectivity index (χ0n) is 10.1. The first-order valence-corrected chi connectivity index (χ1v) is 5.78. The number of nitro benzene ring substituents is 1. The molecule has 1 atom stereocenters. The number of hydrogen-bond acceptors (Lipinski definition) is 4. The van der Waals surface area contributed by atoms with Gasteiger partial charge >= 0.3 is 0 Å². The first-order chi connectivity index (χ1) is 8.52. The van der Waals surface area contributed by atoms with Crippen LogP contribution in [-0.2, 0) is 4.79 Å². The van der Waals surface area contributed by atoms with Crippen LogP contribution in [0, 0.1) is 23.0 Å². The van der Waals surface area contributed by atoms with Crippen LogP contribution in [0.2, 0.25) is 0 Å². The summed E-state index contributed by atoms with van der Waals surface area (Å²) in [5, 5.41) is 10.7. The van der Waals surface area contributed by atoms with Crippen LogP contribution in [0.5, 0.6) is 0 Å². The highest BCUT2D eigenvalue weighted by Crippen LogP contribution is 2.29. The minimum atomic E-state index is -0.439. The Bertz CT molecular complexity index is 501. The highest BCUT2D eigenvalue weighted by Gasteiger charge is 2.30. The quantitative estimate of drug-likeness (QED) is 0.644. The fourth-order valence-electron chi connectivity index (χ4n) is 2.23. The Kier molecular flexibility index (Phi) is 3.29.